The van der Waals surface area contributed by atoms with E-state index in [-0.39, 0.29) is 18.0 Å². The zero-order chi connectivity index (χ0) is 20.9. The van der Waals surface area contributed by atoms with Crippen LogP contribution in [0.3, 0.4) is 0 Å². The summed E-state index contributed by atoms with van der Waals surface area (Å²) < 4.78 is 32.4. The summed E-state index contributed by atoms with van der Waals surface area (Å²) in [6.45, 7) is 3.98. The van der Waals surface area contributed by atoms with Crippen LogP contribution in [0.2, 0.25) is 0 Å². The van der Waals surface area contributed by atoms with Crippen LogP contribution in [0.4, 0.5) is 5.69 Å². The lowest BCUT2D eigenvalue weighted by Gasteiger charge is -2.20. The summed E-state index contributed by atoms with van der Waals surface area (Å²) in [6, 6.07) is 19.5. The molecule has 0 spiro atoms. The number of nitrogens with one attached hydrogen (secondary N) is 1. The molecule has 0 saturated carbocycles. The molecule has 0 aromatic heterocycles. The average Bonchev–Trinajstić information content (AvgIpc) is 2.73. The summed E-state index contributed by atoms with van der Waals surface area (Å²) in [5.41, 5.74) is 0.655. The Kier molecular flexibility index (Phi) is 6.51. The summed E-state index contributed by atoms with van der Waals surface area (Å²) in [5, 5.41) is 4.74. The van der Waals surface area contributed by atoms with Crippen molar-refractivity contribution >= 4 is 32.4 Å². The maximum absolute atomic E-state index is 12.9. The second kappa shape index (κ2) is 9.07. The predicted molar refractivity (Wildman–Crippen MR) is 115 cm³/mol. The molecule has 1 N–H and O–H groups in total. The van der Waals surface area contributed by atoms with Crippen LogP contribution in [0, 0.1) is 0 Å². The summed E-state index contributed by atoms with van der Waals surface area (Å²) >= 11 is 0. The fourth-order valence-corrected chi connectivity index (χ4v) is 4.48. The molecule has 3 rings (SSSR count). The molecular formula is C22H24N2O4S. The fraction of sp³-hybridized carbons (Fsp3) is 0.227. The molecule has 0 aliphatic heterocycles. The van der Waals surface area contributed by atoms with Gasteiger partial charge in [-0.05, 0) is 42.6 Å². The first-order chi connectivity index (χ1) is 14.0. The highest BCUT2D eigenvalue weighted by Crippen LogP contribution is 2.23. The number of ether oxygens (including phenoxy) is 1. The molecule has 0 fully saturated rings. The molecule has 3 aromatic rings. The second-order valence-corrected chi connectivity index (χ2v) is 8.35. The summed E-state index contributed by atoms with van der Waals surface area (Å²) in [7, 11) is -3.80. The Morgan fingerprint density at radius 1 is 0.966 bits per heavy atom. The second-order valence-electron chi connectivity index (χ2n) is 6.41. The Morgan fingerprint density at radius 2 is 1.66 bits per heavy atom. The van der Waals surface area contributed by atoms with Crippen molar-refractivity contribution in [1.29, 1.82) is 0 Å². The first-order valence-electron chi connectivity index (χ1n) is 9.46. The van der Waals surface area contributed by atoms with Gasteiger partial charge in [0.25, 0.3) is 0 Å². The van der Waals surface area contributed by atoms with Crippen LogP contribution in [0.25, 0.3) is 10.8 Å². The smallest absolute Gasteiger partial charge is 0.243 e. The first-order valence-corrected chi connectivity index (χ1v) is 10.9. The Morgan fingerprint density at radius 3 is 2.34 bits per heavy atom. The number of carbonyl (C=O) groups excluding carboxylic acids is 1. The Bertz CT molecular complexity index is 1090. The van der Waals surface area contributed by atoms with Crippen molar-refractivity contribution in [3.63, 3.8) is 0 Å². The van der Waals surface area contributed by atoms with Crippen LogP contribution >= 0.6 is 0 Å². The van der Waals surface area contributed by atoms with E-state index in [1.807, 2.05) is 43.3 Å². The molecule has 0 unspecified atom stereocenters. The Hall–Kier alpha value is -2.90. The number of amides is 1. The van der Waals surface area contributed by atoms with Gasteiger partial charge in [-0.2, -0.15) is 4.31 Å². The molecule has 3 aromatic carbocycles. The van der Waals surface area contributed by atoms with E-state index in [0.717, 1.165) is 15.1 Å². The van der Waals surface area contributed by atoms with Crippen LogP contribution in [-0.4, -0.2) is 38.3 Å². The molecule has 0 aliphatic rings. The van der Waals surface area contributed by atoms with Gasteiger partial charge < -0.3 is 10.1 Å². The van der Waals surface area contributed by atoms with Crippen molar-refractivity contribution in [2.24, 2.45) is 0 Å². The molecule has 29 heavy (non-hydrogen) atoms. The van der Waals surface area contributed by atoms with Gasteiger partial charge in [0.1, 0.15) is 5.75 Å². The van der Waals surface area contributed by atoms with Crippen LogP contribution in [0.5, 0.6) is 5.75 Å². The standard InChI is InChI=1S/C22H24N2O4S/c1-3-24(29(26,27)19-14-12-18(13-15-19)28-4-2)16-22(25)23-21-11-7-9-17-8-5-6-10-20(17)21/h5-15H,3-4,16H2,1-2H3,(H,23,25). The molecule has 7 heteroatoms. The third-order valence-corrected chi connectivity index (χ3v) is 6.44. The Balaban J connectivity index is 1.76. The molecule has 0 aliphatic carbocycles. The van der Waals surface area contributed by atoms with Gasteiger partial charge in [-0.15, -0.1) is 0 Å². The van der Waals surface area contributed by atoms with Gasteiger partial charge in [-0.25, -0.2) is 8.42 Å². The number of nitrogens with zero attached hydrogens (tertiary/aromatic N) is 1. The van der Waals surface area contributed by atoms with Gasteiger partial charge in [-0.3, -0.25) is 4.79 Å². The number of sulfonamides is 1. The Labute approximate surface area is 171 Å². The highest BCUT2D eigenvalue weighted by molar-refractivity contribution is 7.89. The van der Waals surface area contributed by atoms with Gasteiger partial charge >= 0.3 is 0 Å². The molecule has 0 radical (unpaired) electrons. The molecule has 0 heterocycles. The monoisotopic (exact) mass is 412 g/mol. The van der Waals surface area contributed by atoms with E-state index in [2.05, 4.69) is 5.32 Å². The lowest BCUT2D eigenvalue weighted by Crippen LogP contribution is -2.37. The van der Waals surface area contributed by atoms with Crippen LogP contribution < -0.4 is 10.1 Å². The van der Waals surface area contributed by atoms with Crippen LogP contribution in [0.15, 0.2) is 71.6 Å². The van der Waals surface area contributed by atoms with E-state index >= 15 is 0 Å². The van der Waals surface area contributed by atoms with E-state index in [1.165, 1.54) is 12.1 Å². The zero-order valence-electron chi connectivity index (χ0n) is 16.5. The maximum Gasteiger partial charge on any atom is 0.243 e. The molecule has 152 valence electrons. The number of hydrogen-bond donors (Lipinski definition) is 1. The van der Waals surface area contributed by atoms with Crippen molar-refractivity contribution in [3.05, 3.63) is 66.7 Å². The number of benzene rings is 3. The number of likely N-dealkylation sites (N-methyl/N-ethyl adjacent to an activating group) is 1. The SMILES string of the molecule is CCOc1ccc(S(=O)(=O)N(CC)CC(=O)Nc2cccc3ccccc23)cc1. The third kappa shape index (κ3) is 4.75. The van der Waals surface area contributed by atoms with E-state index in [0.29, 0.717) is 18.0 Å². The van der Waals surface area contributed by atoms with Crippen molar-refractivity contribution in [2.45, 2.75) is 18.7 Å². The van der Waals surface area contributed by atoms with E-state index < -0.39 is 15.9 Å². The van der Waals surface area contributed by atoms with E-state index in [9.17, 15) is 13.2 Å². The molecule has 0 saturated heterocycles. The van der Waals surface area contributed by atoms with E-state index in [4.69, 9.17) is 4.74 Å². The molecular weight excluding hydrogens is 388 g/mol. The van der Waals surface area contributed by atoms with Crippen LogP contribution in [0.1, 0.15) is 13.8 Å². The van der Waals surface area contributed by atoms with Crippen molar-refractivity contribution < 1.29 is 17.9 Å². The minimum atomic E-state index is -3.80. The number of fused-ring (bicyclic) bond motifs is 1. The van der Waals surface area contributed by atoms with Gasteiger partial charge in [0.2, 0.25) is 15.9 Å². The van der Waals surface area contributed by atoms with Crippen molar-refractivity contribution in [1.82, 2.24) is 4.31 Å². The van der Waals surface area contributed by atoms with Gasteiger partial charge in [0.05, 0.1) is 18.0 Å². The number of carbonyl (C=O) groups is 1. The topological polar surface area (TPSA) is 75.7 Å². The molecule has 1 amide bonds. The minimum Gasteiger partial charge on any atom is -0.494 e. The van der Waals surface area contributed by atoms with E-state index in [1.54, 1.807) is 25.1 Å². The highest BCUT2D eigenvalue weighted by Gasteiger charge is 2.25. The number of anilines is 1. The molecule has 0 bridgehead atoms. The lowest BCUT2D eigenvalue weighted by molar-refractivity contribution is -0.116. The maximum atomic E-state index is 12.9. The van der Waals surface area contributed by atoms with Gasteiger partial charge in [0.15, 0.2) is 0 Å². The summed E-state index contributed by atoms with van der Waals surface area (Å²) in [6.07, 6.45) is 0. The van der Waals surface area contributed by atoms with Crippen molar-refractivity contribution in [3.8, 4) is 5.75 Å². The number of rotatable bonds is 8. The van der Waals surface area contributed by atoms with Crippen LogP contribution in [-0.2, 0) is 14.8 Å². The minimum absolute atomic E-state index is 0.126. The quantitative estimate of drug-likeness (QED) is 0.609. The molecule has 6 nitrogen and oxygen atoms in total. The predicted octanol–water partition coefficient (Wildman–Crippen LogP) is 3.89. The van der Waals surface area contributed by atoms with Gasteiger partial charge in [-0.1, -0.05) is 43.3 Å². The average molecular weight is 413 g/mol. The highest BCUT2D eigenvalue weighted by atomic mass is 32.2. The lowest BCUT2D eigenvalue weighted by atomic mass is 10.1. The third-order valence-electron chi connectivity index (χ3n) is 4.51. The summed E-state index contributed by atoms with van der Waals surface area (Å²) in [5.74, 6) is 0.209. The zero-order valence-corrected chi connectivity index (χ0v) is 17.3. The fourth-order valence-electron chi connectivity index (χ4n) is 3.07. The first kappa shape index (κ1) is 20.8. The van der Waals surface area contributed by atoms with Gasteiger partial charge in [0, 0.05) is 17.6 Å². The van der Waals surface area contributed by atoms with Crippen molar-refractivity contribution in [2.75, 3.05) is 25.0 Å². The normalized spacial score (nSPS) is 11.6. The summed E-state index contributed by atoms with van der Waals surface area (Å²) in [4.78, 5) is 12.7. The molecule has 0 atom stereocenters. The largest absolute Gasteiger partial charge is 0.494 e. The number of hydrogen-bond acceptors (Lipinski definition) is 4.